The minimum absolute atomic E-state index is 0.254. The Morgan fingerprint density at radius 1 is 1.09 bits per heavy atom. The van der Waals surface area contributed by atoms with Gasteiger partial charge >= 0.3 is 0 Å². The predicted octanol–water partition coefficient (Wildman–Crippen LogP) is 1.31. The summed E-state index contributed by atoms with van der Waals surface area (Å²) < 4.78 is 0. The lowest BCUT2D eigenvalue weighted by Crippen LogP contribution is -2.29. The Balaban J connectivity index is 2.30. The quantitative estimate of drug-likeness (QED) is 0.636. The summed E-state index contributed by atoms with van der Waals surface area (Å²) in [6.07, 6.45) is 4.17. The Labute approximate surface area is 68.2 Å². The second-order valence-corrected chi connectivity index (χ2v) is 3.67. The van der Waals surface area contributed by atoms with Crippen molar-refractivity contribution >= 4 is 0 Å². The minimum Gasteiger partial charge on any atom is -0.393 e. The Morgan fingerprint density at radius 3 is 2.09 bits per heavy atom. The minimum atomic E-state index is -0.254. The second kappa shape index (κ2) is 4.07. The molecule has 2 nitrogen and oxygen atoms in total. The van der Waals surface area contributed by atoms with Gasteiger partial charge in [0.05, 0.1) is 12.2 Å². The first-order valence-corrected chi connectivity index (χ1v) is 4.58. The van der Waals surface area contributed by atoms with Crippen molar-refractivity contribution in [2.24, 2.45) is 5.92 Å². The zero-order valence-electron chi connectivity index (χ0n) is 7.16. The van der Waals surface area contributed by atoms with Crippen molar-refractivity contribution < 1.29 is 10.2 Å². The molecule has 11 heavy (non-hydrogen) atoms. The van der Waals surface area contributed by atoms with Crippen LogP contribution in [-0.4, -0.2) is 22.4 Å². The van der Waals surface area contributed by atoms with E-state index in [0.29, 0.717) is 12.3 Å². The molecular weight excluding hydrogens is 140 g/mol. The Bertz CT molecular complexity index is 104. The smallest absolute Gasteiger partial charge is 0.0567 e. The zero-order valence-corrected chi connectivity index (χ0v) is 7.16. The topological polar surface area (TPSA) is 40.5 Å². The van der Waals surface area contributed by atoms with Gasteiger partial charge in [0.25, 0.3) is 0 Å². The molecule has 1 saturated carbocycles. The number of hydrogen-bond acceptors (Lipinski definition) is 2. The van der Waals surface area contributed by atoms with Crippen molar-refractivity contribution in [1.82, 2.24) is 0 Å². The summed E-state index contributed by atoms with van der Waals surface area (Å²) in [6.45, 7) is 2.15. The van der Waals surface area contributed by atoms with Gasteiger partial charge in [-0.15, -0.1) is 0 Å². The SMILES string of the molecule is CCCC1CC(O)CC(O)C1. The van der Waals surface area contributed by atoms with Gasteiger partial charge in [0.15, 0.2) is 0 Å². The number of rotatable bonds is 2. The lowest BCUT2D eigenvalue weighted by atomic mass is 9.83. The van der Waals surface area contributed by atoms with Crippen LogP contribution in [0.1, 0.15) is 39.0 Å². The van der Waals surface area contributed by atoms with Crippen LogP contribution >= 0.6 is 0 Å². The molecule has 1 aliphatic carbocycles. The van der Waals surface area contributed by atoms with Crippen LogP contribution in [-0.2, 0) is 0 Å². The van der Waals surface area contributed by atoms with Gasteiger partial charge in [-0.05, 0) is 25.2 Å². The molecule has 2 unspecified atom stereocenters. The number of aliphatic hydroxyl groups is 2. The van der Waals surface area contributed by atoms with E-state index < -0.39 is 0 Å². The average Bonchev–Trinajstić information content (AvgIpc) is 1.85. The summed E-state index contributed by atoms with van der Waals surface area (Å²) in [5.41, 5.74) is 0. The highest BCUT2D eigenvalue weighted by molar-refractivity contribution is 4.77. The number of hydrogen-bond donors (Lipinski definition) is 2. The van der Waals surface area contributed by atoms with Crippen LogP contribution < -0.4 is 0 Å². The van der Waals surface area contributed by atoms with Gasteiger partial charge < -0.3 is 10.2 Å². The highest BCUT2D eigenvalue weighted by Gasteiger charge is 2.25. The Kier molecular flexibility index (Phi) is 3.34. The van der Waals surface area contributed by atoms with Gasteiger partial charge in [0.2, 0.25) is 0 Å². The fraction of sp³-hybridized carbons (Fsp3) is 1.00. The molecular formula is C9H18O2. The van der Waals surface area contributed by atoms with E-state index in [1.165, 1.54) is 0 Å². The molecule has 0 bridgehead atoms. The van der Waals surface area contributed by atoms with Crippen molar-refractivity contribution in [3.8, 4) is 0 Å². The van der Waals surface area contributed by atoms with E-state index in [1.807, 2.05) is 0 Å². The van der Waals surface area contributed by atoms with E-state index in [2.05, 4.69) is 6.92 Å². The van der Waals surface area contributed by atoms with E-state index in [0.717, 1.165) is 25.7 Å². The van der Waals surface area contributed by atoms with Crippen LogP contribution in [0.25, 0.3) is 0 Å². The maximum atomic E-state index is 9.32. The predicted molar refractivity (Wildman–Crippen MR) is 44.3 cm³/mol. The van der Waals surface area contributed by atoms with Crippen LogP contribution in [0.15, 0.2) is 0 Å². The van der Waals surface area contributed by atoms with Gasteiger partial charge in [-0.1, -0.05) is 19.8 Å². The van der Waals surface area contributed by atoms with Crippen molar-refractivity contribution in [2.75, 3.05) is 0 Å². The van der Waals surface area contributed by atoms with Crippen LogP contribution in [0.5, 0.6) is 0 Å². The van der Waals surface area contributed by atoms with Gasteiger partial charge in [0, 0.05) is 0 Å². The molecule has 0 aromatic heterocycles. The summed E-state index contributed by atoms with van der Waals surface area (Å²) >= 11 is 0. The van der Waals surface area contributed by atoms with E-state index in [9.17, 15) is 10.2 Å². The Hall–Kier alpha value is -0.0800. The second-order valence-electron chi connectivity index (χ2n) is 3.67. The summed E-state index contributed by atoms with van der Waals surface area (Å²) in [6, 6.07) is 0. The highest BCUT2D eigenvalue weighted by atomic mass is 16.3. The van der Waals surface area contributed by atoms with Crippen molar-refractivity contribution in [3.05, 3.63) is 0 Å². The van der Waals surface area contributed by atoms with Crippen LogP contribution in [0.2, 0.25) is 0 Å². The maximum Gasteiger partial charge on any atom is 0.0567 e. The fourth-order valence-corrected chi connectivity index (χ4v) is 2.02. The van der Waals surface area contributed by atoms with Gasteiger partial charge in [0.1, 0.15) is 0 Å². The highest BCUT2D eigenvalue weighted by Crippen LogP contribution is 2.27. The third kappa shape index (κ3) is 2.80. The summed E-state index contributed by atoms with van der Waals surface area (Å²) in [4.78, 5) is 0. The first-order chi connectivity index (χ1) is 5.22. The summed E-state index contributed by atoms with van der Waals surface area (Å²) in [5, 5.41) is 18.6. The van der Waals surface area contributed by atoms with Gasteiger partial charge in [-0.25, -0.2) is 0 Å². The fourth-order valence-electron chi connectivity index (χ4n) is 2.02. The van der Waals surface area contributed by atoms with E-state index in [4.69, 9.17) is 0 Å². The third-order valence-corrected chi connectivity index (χ3v) is 2.45. The molecule has 1 aliphatic rings. The molecule has 66 valence electrons. The monoisotopic (exact) mass is 158 g/mol. The van der Waals surface area contributed by atoms with Crippen LogP contribution in [0.3, 0.4) is 0 Å². The molecule has 0 aliphatic heterocycles. The molecule has 2 N–H and O–H groups in total. The molecule has 0 radical (unpaired) electrons. The molecule has 1 rings (SSSR count). The lowest BCUT2D eigenvalue weighted by Gasteiger charge is -2.29. The number of aliphatic hydroxyl groups excluding tert-OH is 2. The summed E-state index contributed by atoms with van der Waals surface area (Å²) in [7, 11) is 0. The first-order valence-electron chi connectivity index (χ1n) is 4.58. The molecule has 0 saturated heterocycles. The molecule has 0 heterocycles. The first kappa shape index (κ1) is 9.01. The largest absolute Gasteiger partial charge is 0.393 e. The van der Waals surface area contributed by atoms with E-state index in [-0.39, 0.29) is 12.2 Å². The normalized spacial score (nSPS) is 39.0. The molecule has 2 atom stereocenters. The van der Waals surface area contributed by atoms with E-state index >= 15 is 0 Å². The van der Waals surface area contributed by atoms with Crippen molar-refractivity contribution in [3.63, 3.8) is 0 Å². The standard InChI is InChI=1S/C9H18O2/c1-2-3-7-4-8(10)6-9(11)5-7/h7-11H,2-6H2,1H3. The van der Waals surface area contributed by atoms with E-state index in [1.54, 1.807) is 0 Å². The van der Waals surface area contributed by atoms with Gasteiger partial charge in [-0.2, -0.15) is 0 Å². The molecule has 0 aromatic carbocycles. The summed E-state index contributed by atoms with van der Waals surface area (Å²) in [5.74, 6) is 0.554. The molecule has 1 fully saturated rings. The molecule has 0 spiro atoms. The maximum absolute atomic E-state index is 9.32. The molecule has 2 heteroatoms. The Morgan fingerprint density at radius 2 is 1.64 bits per heavy atom. The van der Waals surface area contributed by atoms with Crippen LogP contribution in [0.4, 0.5) is 0 Å². The van der Waals surface area contributed by atoms with Crippen molar-refractivity contribution in [2.45, 2.75) is 51.2 Å². The molecule has 0 aromatic rings. The lowest BCUT2D eigenvalue weighted by molar-refractivity contribution is 0.0122. The third-order valence-electron chi connectivity index (χ3n) is 2.45. The molecule has 0 amide bonds. The van der Waals surface area contributed by atoms with Gasteiger partial charge in [-0.3, -0.25) is 0 Å². The zero-order chi connectivity index (χ0) is 8.27. The van der Waals surface area contributed by atoms with Crippen LogP contribution in [0, 0.1) is 5.92 Å². The van der Waals surface area contributed by atoms with Crippen molar-refractivity contribution in [1.29, 1.82) is 0 Å². The average molecular weight is 158 g/mol.